The van der Waals surface area contributed by atoms with Crippen molar-refractivity contribution in [3.8, 4) is 22.5 Å². The molecule has 0 bridgehead atoms. The van der Waals surface area contributed by atoms with E-state index in [1.54, 1.807) is 29.2 Å². The molecule has 0 radical (unpaired) electrons. The van der Waals surface area contributed by atoms with E-state index < -0.39 is 0 Å². The van der Waals surface area contributed by atoms with Gasteiger partial charge in [-0.25, -0.2) is 19.3 Å². The van der Waals surface area contributed by atoms with E-state index in [4.69, 9.17) is 11.6 Å². The van der Waals surface area contributed by atoms with Crippen molar-refractivity contribution in [1.82, 2.24) is 29.4 Å². The predicted octanol–water partition coefficient (Wildman–Crippen LogP) is 2.14. The molecular formula is C15H11ClN6O. The normalized spacial score (nSPS) is 11.2. The van der Waals surface area contributed by atoms with Gasteiger partial charge in [0.15, 0.2) is 5.65 Å². The smallest absolute Gasteiger partial charge is 0.275 e. The lowest BCUT2D eigenvalue weighted by Gasteiger charge is -2.05. The second-order valence-corrected chi connectivity index (χ2v) is 5.54. The first kappa shape index (κ1) is 13.7. The summed E-state index contributed by atoms with van der Waals surface area (Å²) in [7, 11) is 1.82. The first-order valence-corrected chi connectivity index (χ1v) is 7.22. The van der Waals surface area contributed by atoms with E-state index in [0.717, 1.165) is 11.1 Å². The van der Waals surface area contributed by atoms with Crippen LogP contribution in [-0.4, -0.2) is 29.4 Å². The summed E-state index contributed by atoms with van der Waals surface area (Å²) in [4.78, 5) is 16.6. The lowest BCUT2D eigenvalue weighted by molar-refractivity contribution is 0.768. The van der Waals surface area contributed by atoms with Crippen molar-refractivity contribution in [3.63, 3.8) is 0 Å². The van der Waals surface area contributed by atoms with Crippen LogP contribution >= 0.6 is 11.6 Å². The van der Waals surface area contributed by atoms with E-state index in [2.05, 4.69) is 20.3 Å². The van der Waals surface area contributed by atoms with E-state index in [1.807, 2.05) is 25.4 Å². The molecule has 3 heterocycles. The molecule has 0 saturated carbocycles. The Kier molecular flexibility index (Phi) is 3.02. The summed E-state index contributed by atoms with van der Waals surface area (Å²) in [6.45, 7) is 0. The summed E-state index contributed by atoms with van der Waals surface area (Å²) in [5, 5.41) is 11.3. The van der Waals surface area contributed by atoms with Crippen LogP contribution in [0.4, 0.5) is 0 Å². The minimum atomic E-state index is -0.317. The molecule has 4 rings (SSSR count). The third kappa shape index (κ3) is 2.31. The van der Waals surface area contributed by atoms with Gasteiger partial charge in [-0.05, 0) is 12.1 Å². The minimum absolute atomic E-state index is 0.317. The molecule has 1 N–H and O–H groups in total. The summed E-state index contributed by atoms with van der Waals surface area (Å²) in [6.07, 6.45) is 5.17. The van der Waals surface area contributed by atoms with Gasteiger partial charge in [-0.1, -0.05) is 23.7 Å². The first-order valence-electron chi connectivity index (χ1n) is 6.84. The van der Waals surface area contributed by atoms with Gasteiger partial charge in [0.25, 0.3) is 0 Å². The third-order valence-electron chi connectivity index (χ3n) is 3.52. The minimum Gasteiger partial charge on any atom is -0.275 e. The zero-order valence-electron chi connectivity index (χ0n) is 12.1. The monoisotopic (exact) mass is 326 g/mol. The van der Waals surface area contributed by atoms with Gasteiger partial charge >= 0.3 is 5.69 Å². The van der Waals surface area contributed by atoms with E-state index in [9.17, 15) is 4.79 Å². The number of H-pyrrole nitrogens is 1. The summed E-state index contributed by atoms with van der Waals surface area (Å²) >= 11 is 5.93. The molecule has 0 aliphatic carbocycles. The number of rotatable bonds is 2. The molecule has 0 atom stereocenters. The summed E-state index contributed by atoms with van der Waals surface area (Å²) in [5.74, 6) is 0. The Bertz CT molecular complexity index is 1060. The van der Waals surface area contributed by atoms with E-state index in [1.165, 1.54) is 4.40 Å². The largest absolute Gasteiger partial charge is 0.347 e. The van der Waals surface area contributed by atoms with Crippen LogP contribution in [0, 0.1) is 0 Å². The summed E-state index contributed by atoms with van der Waals surface area (Å²) in [6, 6.07) is 7.28. The van der Waals surface area contributed by atoms with Gasteiger partial charge in [0.05, 0.1) is 11.9 Å². The number of fused-ring (bicyclic) bond motifs is 1. The highest BCUT2D eigenvalue weighted by molar-refractivity contribution is 6.30. The van der Waals surface area contributed by atoms with Crippen LogP contribution in [-0.2, 0) is 7.05 Å². The topological polar surface area (TPSA) is 80.9 Å². The number of aryl methyl sites for hydroxylation is 1. The highest BCUT2D eigenvalue weighted by Crippen LogP contribution is 2.25. The number of aromatic nitrogens is 6. The zero-order valence-corrected chi connectivity index (χ0v) is 12.8. The first-order chi connectivity index (χ1) is 11.1. The highest BCUT2D eigenvalue weighted by Gasteiger charge is 2.14. The second kappa shape index (κ2) is 5.06. The maximum atomic E-state index is 12.0. The molecule has 4 aromatic rings. The molecular weight excluding hydrogens is 316 g/mol. The van der Waals surface area contributed by atoms with Crippen LogP contribution in [0.1, 0.15) is 0 Å². The van der Waals surface area contributed by atoms with Gasteiger partial charge in [-0.15, -0.1) is 0 Å². The van der Waals surface area contributed by atoms with Gasteiger partial charge in [0.1, 0.15) is 5.69 Å². The number of aromatic amines is 1. The molecule has 0 aliphatic heterocycles. The number of halogens is 1. The Hall–Kier alpha value is -2.93. The quantitative estimate of drug-likeness (QED) is 0.612. The maximum Gasteiger partial charge on any atom is 0.347 e. The van der Waals surface area contributed by atoms with Crippen LogP contribution in [0.15, 0.2) is 47.7 Å². The number of benzene rings is 1. The van der Waals surface area contributed by atoms with E-state index >= 15 is 0 Å². The molecule has 0 saturated heterocycles. The molecule has 7 nitrogen and oxygen atoms in total. The summed E-state index contributed by atoms with van der Waals surface area (Å²) < 4.78 is 3.12. The molecule has 8 heteroatoms. The zero-order chi connectivity index (χ0) is 16.0. The van der Waals surface area contributed by atoms with E-state index in [0.29, 0.717) is 22.1 Å². The van der Waals surface area contributed by atoms with Gasteiger partial charge < -0.3 is 0 Å². The SMILES string of the molecule is Cn1cc(-c2nc(-c3ccc(Cl)cc3)cn3c(=O)[nH]nc23)cn1. The summed E-state index contributed by atoms with van der Waals surface area (Å²) in [5.41, 5.74) is 3.02. The number of hydrogen-bond donors (Lipinski definition) is 1. The van der Waals surface area contributed by atoms with Crippen LogP contribution in [0.2, 0.25) is 5.02 Å². The Morgan fingerprint density at radius 2 is 1.91 bits per heavy atom. The van der Waals surface area contributed by atoms with Crippen molar-refractivity contribution in [3.05, 3.63) is 58.4 Å². The Morgan fingerprint density at radius 3 is 2.61 bits per heavy atom. The van der Waals surface area contributed by atoms with Crippen LogP contribution in [0.25, 0.3) is 28.2 Å². The van der Waals surface area contributed by atoms with Crippen molar-refractivity contribution < 1.29 is 0 Å². The molecule has 0 spiro atoms. The van der Waals surface area contributed by atoms with Gasteiger partial charge in [0.2, 0.25) is 0 Å². The van der Waals surface area contributed by atoms with Crippen molar-refractivity contribution in [2.24, 2.45) is 7.05 Å². The highest BCUT2D eigenvalue weighted by atomic mass is 35.5. The van der Waals surface area contributed by atoms with Gasteiger partial charge in [-0.3, -0.25) is 4.68 Å². The van der Waals surface area contributed by atoms with Crippen LogP contribution in [0.3, 0.4) is 0 Å². The molecule has 0 aliphatic rings. The van der Waals surface area contributed by atoms with Crippen molar-refractivity contribution in [2.45, 2.75) is 0 Å². The lowest BCUT2D eigenvalue weighted by atomic mass is 10.1. The molecule has 0 fully saturated rings. The lowest BCUT2D eigenvalue weighted by Crippen LogP contribution is -2.10. The number of nitrogens with zero attached hydrogens (tertiary/aromatic N) is 5. The Labute approximate surface area is 135 Å². The van der Waals surface area contributed by atoms with Crippen LogP contribution in [0.5, 0.6) is 0 Å². The van der Waals surface area contributed by atoms with Crippen molar-refractivity contribution in [2.75, 3.05) is 0 Å². The average molecular weight is 327 g/mol. The fraction of sp³-hybridized carbons (Fsp3) is 0.0667. The Balaban J connectivity index is 2.01. The molecule has 3 aromatic heterocycles. The fourth-order valence-electron chi connectivity index (χ4n) is 2.41. The maximum absolute atomic E-state index is 12.0. The second-order valence-electron chi connectivity index (χ2n) is 5.11. The number of nitrogens with one attached hydrogen (secondary N) is 1. The number of hydrogen-bond acceptors (Lipinski definition) is 4. The Morgan fingerprint density at radius 1 is 1.13 bits per heavy atom. The standard InChI is InChI=1S/C15H11ClN6O/c1-21-7-10(6-17-21)13-14-19-20-15(23)22(14)8-12(18-13)9-2-4-11(16)5-3-9/h2-8H,1H3,(H,20,23). The van der Waals surface area contributed by atoms with Crippen LogP contribution < -0.4 is 5.69 Å². The third-order valence-corrected chi connectivity index (χ3v) is 3.77. The molecule has 23 heavy (non-hydrogen) atoms. The van der Waals surface area contributed by atoms with Crippen molar-refractivity contribution >= 4 is 17.2 Å². The average Bonchev–Trinajstić information content (AvgIpc) is 3.14. The molecule has 0 amide bonds. The predicted molar refractivity (Wildman–Crippen MR) is 86.3 cm³/mol. The molecule has 0 unspecified atom stereocenters. The molecule has 114 valence electrons. The van der Waals surface area contributed by atoms with Gasteiger partial charge in [0, 0.05) is 35.6 Å². The van der Waals surface area contributed by atoms with Gasteiger partial charge in [-0.2, -0.15) is 10.2 Å². The fourth-order valence-corrected chi connectivity index (χ4v) is 2.54. The molecule has 1 aromatic carbocycles. The van der Waals surface area contributed by atoms with Crippen molar-refractivity contribution in [1.29, 1.82) is 0 Å². The van der Waals surface area contributed by atoms with E-state index in [-0.39, 0.29) is 5.69 Å².